The Morgan fingerprint density at radius 1 is 1.10 bits per heavy atom. The molecule has 1 aliphatic rings. The van der Waals surface area contributed by atoms with E-state index in [1.165, 1.54) is 12.1 Å². The van der Waals surface area contributed by atoms with E-state index < -0.39 is 11.7 Å². The summed E-state index contributed by atoms with van der Waals surface area (Å²) in [4.78, 5) is 6.63. The topological polar surface area (TPSA) is 33.1 Å². The number of alkyl halides is 3. The van der Waals surface area contributed by atoms with Gasteiger partial charge in [-0.15, -0.1) is 0 Å². The monoisotopic (exact) mass is 444 g/mol. The molecule has 2 aromatic heterocycles. The lowest BCUT2D eigenvalue weighted by Crippen LogP contribution is -2.31. The predicted octanol–water partition coefficient (Wildman–Crippen LogP) is 5.66. The molecular formula is C23H23F3N4S. The van der Waals surface area contributed by atoms with Crippen molar-refractivity contribution in [1.82, 2.24) is 19.8 Å². The fourth-order valence-corrected chi connectivity index (χ4v) is 4.33. The van der Waals surface area contributed by atoms with Gasteiger partial charge in [-0.05, 0) is 61.1 Å². The first-order valence-electron chi connectivity index (χ1n) is 10.2. The van der Waals surface area contributed by atoms with Crippen molar-refractivity contribution in [3.63, 3.8) is 0 Å². The van der Waals surface area contributed by atoms with E-state index in [9.17, 15) is 13.2 Å². The molecule has 0 spiro atoms. The molecule has 1 fully saturated rings. The highest BCUT2D eigenvalue weighted by Crippen LogP contribution is 2.40. The van der Waals surface area contributed by atoms with E-state index in [1.54, 1.807) is 18.5 Å². The molecule has 3 heterocycles. The van der Waals surface area contributed by atoms with Gasteiger partial charge >= 0.3 is 6.18 Å². The lowest BCUT2D eigenvalue weighted by atomic mass is 10.0. The number of hydrogen-bond donors (Lipinski definition) is 1. The maximum Gasteiger partial charge on any atom is 0.416 e. The zero-order valence-corrected chi connectivity index (χ0v) is 17.8. The van der Waals surface area contributed by atoms with Gasteiger partial charge in [-0.2, -0.15) is 13.2 Å². The lowest BCUT2D eigenvalue weighted by molar-refractivity contribution is -0.137. The van der Waals surface area contributed by atoms with Crippen molar-refractivity contribution < 1.29 is 13.2 Å². The summed E-state index contributed by atoms with van der Waals surface area (Å²) in [5.41, 5.74) is 1.49. The number of pyridine rings is 1. The van der Waals surface area contributed by atoms with Crippen molar-refractivity contribution in [1.29, 1.82) is 0 Å². The molecule has 1 N–H and O–H groups in total. The minimum atomic E-state index is -4.40. The average Bonchev–Trinajstić information content (AvgIpc) is 3.36. The normalized spacial score (nSPS) is 19.0. The third-order valence-electron chi connectivity index (χ3n) is 5.49. The van der Waals surface area contributed by atoms with Crippen molar-refractivity contribution in [2.24, 2.45) is 0 Å². The van der Waals surface area contributed by atoms with Gasteiger partial charge in [0, 0.05) is 30.3 Å². The molecular weight excluding hydrogens is 421 g/mol. The molecule has 0 unspecified atom stereocenters. The highest BCUT2D eigenvalue weighted by atomic mass is 32.1. The van der Waals surface area contributed by atoms with Crippen LogP contribution in [0.2, 0.25) is 0 Å². The van der Waals surface area contributed by atoms with E-state index in [-0.39, 0.29) is 12.1 Å². The number of nitrogens with one attached hydrogen (secondary N) is 1. The predicted molar refractivity (Wildman–Crippen MR) is 118 cm³/mol. The Balaban J connectivity index is 1.79. The van der Waals surface area contributed by atoms with E-state index in [2.05, 4.69) is 22.1 Å². The van der Waals surface area contributed by atoms with Crippen molar-refractivity contribution >= 4 is 17.3 Å². The molecule has 8 heteroatoms. The molecule has 1 aromatic carbocycles. The van der Waals surface area contributed by atoms with Crippen molar-refractivity contribution in [2.45, 2.75) is 38.0 Å². The first-order chi connectivity index (χ1) is 14.9. The van der Waals surface area contributed by atoms with Crippen molar-refractivity contribution in [2.75, 3.05) is 6.54 Å². The zero-order valence-electron chi connectivity index (χ0n) is 17.0. The highest BCUT2D eigenvalue weighted by Gasteiger charge is 2.41. The number of benzene rings is 1. The number of rotatable bonds is 6. The van der Waals surface area contributed by atoms with Crippen LogP contribution in [0.1, 0.15) is 48.8 Å². The van der Waals surface area contributed by atoms with Crippen molar-refractivity contribution in [3.8, 4) is 5.69 Å². The smallest absolute Gasteiger partial charge is 0.352 e. The molecule has 0 saturated carbocycles. The number of thiocarbonyl (C=S) groups is 1. The zero-order chi connectivity index (χ0) is 22.0. The van der Waals surface area contributed by atoms with E-state index >= 15 is 0 Å². The molecule has 31 heavy (non-hydrogen) atoms. The number of aromatic nitrogens is 2. The first kappa shape index (κ1) is 21.4. The van der Waals surface area contributed by atoms with E-state index in [1.807, 2.05) is 34.9 Å². The second-order valence-electron chi connectivity index (χ2n) is 7.52. The second-order valence-corrected chi connectivity index (χ2v) is 7.91. The SMILES string of the molecule is CCCCN1C(=S)N[C@H](c2ccccn2)[C@H]1c1cccn1-c1cccc(C(F)(F)F)c1. The lowest BCUT2D eigenvalue weighted by Gasteiger charge is -2.29. The molecule has 162 valence electrons. The summed E-state index contributed by atoms with van der Waals surface area (Å²) in [6.45, 7) is 2.87. The summed E-state index contributed by atoms with van der Waals surface area (Å²) in [5.74, 6) is 0. The summed E-state index contributed by atoms with van der Waals surface area (Å²) in [6, 6.07) is 14.5. The Labute approximate surface area is 184 Å². The minimum absolute atomic E-state index is 0.196. The molecule has 0 aliphatic carbocycles. The van der Waals surface area contributed by atoms with Crippen molar-refractivity contribution in [3.05, 3.63) is 83.9 Å². The average molecular weight is 445 g/mol. The highest BCUT2D eigenvalue weighted by molar-refractivity contribution is 7.80. The Kier molecular flexibility index (Phi) is 6.00. The van der Waals surface area contributed by atoms with E-state index in [0.717, 1.165) is 36.8 Å². The van der Waals surface area contributed by atoms with Crippen LogP contribution >= 0.6 is 12.2 Å². The fraction of sp³-hybridized carbons (Fsp3) is 0.304. The van der Waals surface area contributed by atoms with Gasteiger partial charge in [0.15, 0.2) is 5.11 Å². The van der Waals surface area contributed by atoms with Crippen LogP contribution in [0.3, 0.4) is 0 Å². The van der Waals surface area contributed by atoms with Crippen LogP contribution in [0.4, 0.5) is 13.2 Å². The standard InChI is InChI=1S/C23H23F3N4S/c1-2-3-13-30-21(20(28-22(30)31)18-10-4-5-12-27-18)19-11-7-14-29(19)17-9-6-8-16(15-17)23(24,25)26/h4-12,14-15,20-21H,2-3,13H2,1H3,(H,28,31)/t20-,21-/m1/s1. The van der Waals surface area contributed by atoms with Crippen LogP contribution in [0.5, 0.6) is 0 Å². The van der Waals surface area contributed by atoms with E-state index in [4.69, 9.17) is 12.2 Å². The number of hydrogen-bond acceptors (Lipinski definition) is 2. The number of halogens is 3. The summed E-state index contributed by atoms with van der Waals surface area (Å²) < 4.78 is 41.7. The third kappa shape index (κ3) is 4.30. The van der Waals surface area contributed by atoms with Gasteiger partial charge in [-0.25, -0.2) is 0 Å². The van der Waals surface area contributed by atoms with Gasteiger partial charge in [-0.1, -0.05) is 25.5 Å². The Bertz CT molecular complexity index is 1050. The third-order valence-corrected chi connectivity index (χ3v) is 5.84. The molecule has 4 rings (SSSR count). The Morgan fingerprint density at radius 2 is 1.94 bits per heavy atom. The summed E-state index contributed by atoms with van der Waals surface area (Å²) in [7, 11) is 0. The van der Waals surface area contributed by atoms with Crippen LogP contribution in [-0.2, 0) is 6.18 Å². The number of nitrogens with zero attached hydrogens (tertiary/aromatic N) is 3. The van der Waals surface area contributed by atoms with Gasteiger partial charge in [-0.3, -0.25) is 4.98 Å². The maximum absolute atomic E-state index is 13.3. The second kappa shape index (κ2) is 8.70. The van der Waals surface area contributed by atoms with Gasteiger partial charge < -0.3 is 14.8 Å². The molecule has 4 nitrogen and oxygen atoms in total. The maximum atomic E-state index is 13.3. The Morgan fingerprint density at radius 3 is 2.65 bits per heavy atom. The van der Waals surface area contributed by atoms with Gasteiger partial charge in [0.2, 0.25) is 0 Å². The summed E-state index contributed by atoms with van der Waals surface area (Å²) in [6.07, 6.45) is 1.09. The van der Waals surface area contributed by atoms with Gasteiger partial charge in [0.05, 0.1) is 23.3 Å². The van der Waals surface area contributed by atoms with Crippen LogP contribution in [0.25, 0.3) is 5.69 Å². The van der Waals surface area contributed by atoms with Gasteiger partial charge in [0.1, 0.15) is 0 Å². The quantitative estimate of drug-likeness (QED) is 0.497. The molecule has 0 bridgehead atoms. The fourth-order valence-electron chi connectivity index (χ4n) is 4.00. The molecule has 3 aromatic rings. The van der Waals surface area contributed by atoms with E-state index in [0.29, 0.717) is 10.8 Å². The van der Waals surface area contributed by atoms with Crippen LogP contribution in [0.15, 0.2) is 67.0 Å². The molecule has 0 radical (unpaired) electrons. The number of unbranched alkanes of at least 4 members (excludes halogenated alkanes) is 1. The Hall–Kier alpha value is -2.87. The first-order valence-corrected chi connectivity index (χ1v) is 10.6. The molecule has 2 atom stereocenters. The molecule has 0 amide bonds. The van der Waals surface area contributed by atoms with Crippen LogP contribution in [-0.4, -0.2) is 26.1 Å². The summed E-state index contributed by atoms with van der Waals surface area (Å²) >= 11 is 5.64. The molecule has 1 saturated heterocycles. The molecule has 1 aliphatic heterocycles. The minimum Gasteiger partial charge on any atom is -0.352 e. The summed E-state index contributed by atoms with van der Waals surface area (Å²) in [5, 5.41) is 4.01. The van der Waals surface area contributed by atoms with Gasteiger partial charge in [0.25, 0.3) is 0 Å². The van der Waals surface area contributed by atoms with Crippen LogP contribution in [0, 0.1) is 0 Å². The van der Waals surface area contributed by atoms with Crippen LogP contribution < -0.4 is 5.32 Å². The largest absolute Gasteiger partial charge is 0.416 e.